The molecule has 1 atom stereocenters. The first-order valence-electron chi connectivity index (χ1n) is 12.1. The van der Waals surface area contributed by atoms with Crippen LogP contribution in [-0.4, -0.2) is 45.4 Å². The quantitative estimate of drug-likeness (QED) is 0.424. The molecular formula is C27H26F2N4O2. The van der Waals surface area contributed by atoms with Crippen LogP contribution < -0.4 is 4.90 Å². The zero-order valence-electron chi connectivity index (χ0n) is 19.7. The van der Waals surface area contributed by atoms with Gasteiger partial charge in [0.25, 0.3) is 0 Å². The lowest BCUT2D eigenvalue weighted by atomic mass is 9.94. The molecule has 0 aliphatic carbocycles. The summed E-state index contributed by atoms with van der Waals surface area (Å²) in [6.07, 6.45) is 4.98. The molecule has 35 heavy (non-hydrogen) atoms. The Labute approximate surface area is 201 Å². The molecule has 1 spiro atoms. The number of benzene rings is 2. The van der Waals surface area contributed by atoms with E-state index in [4.69, 9.17) is 4.74 Å². The van der Waals surface area contributed by atoms with Crippen LogP contribution in [0.5, 0.6) is 5.75 Å². The molecule has 2 aliphatic rings. The number of aromatic nitrogens is 3. The van der Waals surface area contributed by atoms with Crippen molar-refractivity contribution in [3.8, 4) is 17.0 Å². The summed E-state index contributed by atoms with van der Waals surface area (Å²) in [5.41, 5.74) is 0.833. The molecule has 180 valence electrons. The van der Waals surface area contributed by atoms with Gasteiger partial charge in [0, 0.05) is 31.5 Å². The minimum atomic E-state index is -0.613. The van der Waals surface area contributed by atoms with E-state index in [1.54, 1.807) is 25.3 Å². The number of pyridine rings is 1. The number of aryl methyl sites for hydroxylation is 2. The molecule has 0 bridgehead atoms. The molecule has 0 radical (unpaired) electrons. The van der Waals surface area contributed by atoms with Crippen molar-refractivity contribution in [2.45, 2.75) is 45.1 Å². The van der Waals surface area contributed by atoms with Crippen LogP contribution in [0.2, 0.25) is 0 Å². The van der Waals surface area contributed by atoms with Crippen molar-refractivity contribution in [1.29, 1.82) is 0 Å². The van der Waals surface area contributed by atoms with E-state index in [1.807, 2.05) is 6.92 Å². The number of aromatic hydroxyl groups is 1. The van der Waals surface area contributed by atoms with E-state index in [9.17, 15) is 9.50 Å². The van der Waals surface area contributed by atoms with Crippen molar-refractivity contribution in [2.24, 2.45) is 0 Å². The fourth-order valence-corrected chi connectivity index (χ4v) is 5.71. The number of anilines is 1. The minimum absolute atomic E-state index is 0.0276. The maximum atomic E-state index is 16.1. The van der Waals surface area contributed by atoms with E-state index in [1.165, 1.54) is 12.1 Å². The Bertz CT molecular complexity index is 1480. The van der Waals surface area contributed by atoms with Gasteiger partial charge in [0.05, 0.1) is 11.0 Å². The molecule has 2 aromatic carbocycles. The first-order chi connectivity index (χ1) is 16.9. The van der Waals surface area contributed by atoms with Gasteiger partial charge in [0.2, 0.25) is 0 Å². The van der Waals surface area contributed by atoms with Gasteiger partial charge in [-0.05, 0) is 67.1 Å². The Morgan fingerprint density at radius 3 is 2.80 bits per heavy atom. The van der Waals surface area contributed by atoms with E-state index in [0.717, 1.165) is 32.4 Å². The number of nitrogens with zero attached hydrogens (tertiary/aromatic N) is 4. The number of fused-ring (bicyclic) bond motifs is 2. The summed E-state index contributed by atoms with van der Waals surface area (Å²) in [4.78, 5) is 15.7. The normalized spacial score (nSPS) is 20.1. The molecule has 2 saturated heterocycles. The molecule has 0 saturated carbocycles. The zero-order chi connectivity index (χ0) is 24.3. The van der Waals surface area contributed by atoms with Crippen LogP contribution in [0.1, 0.15) is 37.6 Å². The van der Waals surface area contributed by atoms with E-state index in [2.05, 4.69) is 19.9 Å². The van der Waals surface area contributed by atoms with Crippen LogP contribution in [0, 0.1) is 18.6 Å². The van der Waals surface area contributed by atoms with E-state index in [-0.39, 0.29) is 28.4 Å². The van der Waals surface area contributed by atoms with Crippen molar-refractivity contribution in [3.63, 3.8) is 0 Å². The van der Waals surface area contributed by atoms with Gasteiger partial charge in [-0.25, -0.2) is 18.7 Å². The van der Waals surface area contributed by atoms with Crippen molar-refractivity contribution in [2.75, 3.05) is 24.6 Å². The summed E-state index contributed by atoms with van der Waals surface area (Å²) in [7, 11) is 0. The van der Waals surface area contributed by atoms with Gasteiger partial charge < -0.3 is 14.7 Å². The summed E-state index contributed by atoms with van der Waals surface area (Å²) in [6.45, 7) is 5.84. The second-order valence-electron chi connectivity index (χ2n) is 9.56. The van der Waals surface area contributed by atoms with Gasteiger partial charge in [-0.15, -0.1) is 0 Å². The van der Waals surface area contributed by atoms with Crippen molar-refractivity contribution < 1.29 is 18.6 Å². The fraction of sp³-hybridized carbons (Fsp3) is 0.370. The average Bonchev–Trinajstić information content (AvgIpc) is 3.48. The van der Waals surface area contributed by atoms with Gasteiger partial charge in [-0.2, -0.15) is 0 Å². The first-order valence-corrected chi connectivity index (χ1v) is 12.1. The second-order valence-corrected chi connectivity index (χ2v) is 9.56. The van der Waals surface area contributed by atoms with Crippen LogP contribution in [-0.2, 0) is 11.2 Å². The first kappa shape index (κ1) is 22.1. The molecule has 2 aliphatic heterocycles. The fourth-order valence-electron chi connectivity index (χ4n) is 5.71. The molecule has 1 N–H and O–H groups in total. The van der Waals surface area contributed by atoms with Crippen LogP contribution in [0.4, 0.5) is 14.6 Å². The van der Waals surface area contributed by atoms with Gasteiger partial charge in [0.15, 0.2) is 5.82 Å². The van der Waals surface area contributed by atoms with E-state index >= 15 is 4.39 Å². The predicted molar refractivity (Wildman–Crippen MR) is 131 cm³/mol. The Balaban J connectivity index is 1.54. The number of rotatable bonds is 3. The van der Waals surface area contributed by atoms with Crippen molar-refractivity contribution >= 4 is 27.5 Å². The lowest BCUT2D eigenvalue weighted by Gasteiger charge is -2.24. The van der Waals surface area contributed by atoms with Gasteiger partial charge in [-0.3, -0.25) is 4.98 Å². The number of ether oxygens (including phenoxy) is 1. The maximum absolute atomic E-state index is 16.1. The number of halogens is 2. The minimum Gasteiger partial charge on any atom is -0.508 e. The van der Waals surface area contributed by atoms with Crippen molar-refractivity contribution in [3.05, 3.63) is 53.5 Å². The number of hydrogen-bond donors (Lipinski definition) is 1. The summed E-state index contributed by atoms with van der Waals surface area (Å²) in [5.74, 6) is 0.0851. The number of phenols is 1. The van der Waals surface area contributed by atoms with Crippen LogP contribution in [0.3, 0.4) is 0 Å². The smallest absolute Gasteiger partial charge is 0.175 e. The highest BCUT2D eigenvalue weighted by Gasteiger charge is 2.42. The van der Waals surface area contributed by atoms with Crippen molar-refractivity contribution in [1.82, 2.24) is 15.0 Å². The highest BCUT2D eigenvalue weighted by molar-refractivity contribution is 6.01. The van der Waals surface area contributed by atoms with Gasteiger partial charge in [-0.1, -0.05) is 13.0 Å². The summed E-state index contributed by atoms with van der Waals surface area (Å²) < 4.78 is 36.8. The predicted octanol–water partition coefficient (Wildman–Crippen LogP) is 5.46. The van der Waals surface area contributed by atoms with Crippen LogP contribution in [0.25, 0.3) is 32.9 Å². The number of phenolic OH excluding ortho intramolecular Hbond substituents is 1. The molecular weight excluding hydrogens is 450 g/mol. The Morgan fingerprint density at radius 1 is 1.17 bits per heavy atom. The molecule has 1 unspecified atom stereocenters. The molecule has 8 heteroatoms. The Morgan fingerprint density at radius 2 is 2.03 bits per heavy atom. The molecule has 4 heterocycles. The summed E-state index contributed by atoms with van der Waals surface area (Å²) in [5, 5.41) is 12.0. The van der Waals surface area contributed by atoms with Crippen LogP contribution in [0.15, 0.2) is 30.5 Å². The lowest BCUT2D eigenvalue weighted by molar-refractivity contribution is 0.0231. The monoisotopic (exact) mass is 476 g/mol. The van der Waals surface area contributed by atoms with E-state index < -0.39 is 5.82 Å². The number of hydrogen-bond acceptors (Lipinski definition) is 6. The molecule has 2 fully saturated rings. The maximum Gasteiger partial charge on any atom is 0.175 e. The lowest BCUT2D eigenvalue weighted by Crippen LogP contribution is -2.32. The topological polar surface area (TPSA) is 71.4 Å². The SMILES string of the molecule is CCc1c(F)ccc2cc(O)cc(-c3ncc4c(N5CCC6(CCCO6)C5)nc(C)nc4c3F)c12. The second kappa shape index (κ2) is 8.09. The molecule has 6 rings (SSSR count). The van der Waals surface area contributed by atoms with Gasteiger partial charge >= 0.3 is 0 Å². The highest BCUT2D eigenvalue weighted by atomic mass is 19.1. The van der Waals surface area contributed by atoms with Gasteiger partial charge in [0.1, 0.15) is 34.4 Å². The third-order valence-corrected chi connectivity index (χ3v) is 7.34. The standard InChI is InChI=1S/C27H26F2N4O2/c1-3-18-21(28)6-5-16-11-17(34)12-19(22(16)18)24-23(29)25-20(13-30-24)26(32-15(2)31-25)33-9-8-27(14-33)7-4-10-35-27/h5-6,11-13,34H,3-4,7-10,14H2,1-2H3. The zero-order valence-corrected chi connectivity index (χ0v) is 19.7. The molecule has 2 aromatic heterocycles. The summed E-state index contributed by atoms with van der Waals surface area (Å²) >= 11 is 0. The molecule has 6 nitrogen and oxygen atoms in total. The van der Waals surface area contributed by atoms with Crippen LogP contribution >= 0.6 is 0 Å². The average molecular weight is 477 g/mol. The highest BCUT2D eigenvalue weighted by Crippen LogP contribution is 2.41. The van der Waals surface area contributed by atoms with E-state index in [0.29, 0.717) is 51.9 Å². The Kier molecular flexibility index (Phi) is 5.11. The molecule has 0 amide bonds. The molecule has 4 aromatic rings. The third-order valence-electron chi connectivity index (χ3n) is 7.34. The largest absolute Gasteiger partial charge is 0.508 e. The third kappa shape index (κ3) is 3.50. The summed E-state index contributed by atoms with van der Waals surface area (Å²) in [6, 6.07) is 5.95. The Hall–Kier alpha value is -3.39.